The zero-order chi connectivity index (χ0) is 17.9. The summed E-state index contributed by atoms with van der Waals surface area (Å²) < 4.78 is 55.3. The van der Waals surface area contributed by atoms with E-state index < -0.39 is 30.4 Å². The Balaban J connectivity index is 2.50. The number of carbonyl (C=O) groups is 1. The van der Waals surface area contributed by atoms with Crippen molar-refractivity contribution in [3.63, 3.8) is 0 Å². The number of ether oxygens (including phenoxy) is 1. The van der Waals surface area contributed by atoms with Crippen LogP contribution < -0.4 is 16.0 Å². The summed E-state index contributed by atoms with van der Waals surface area (Å²) in [7, 11) is 0. The minimum Gasteiger partial charge on any atom is -0.468 e. The lowest BCUT2D eigenvalue weighted by molar-refractivity contribution is -0.154. The van der Waals surface area contributed by atoms with Crippen molar-refractivity contribution in [2.45, 2.75) is 6.18 Å². The predicted octanol–water partition coefficient (Wildman–Crippen LogP) is 3.09. The summed E-state index contributed by atoms with van der Waals surface area (Å²) in [6.45, 7) is -1.59. The topological polar surface area (TPSA) is 77.2 Å². The maximum Gasteiger partial charge on any atom is 0.422 e. The molecule has 0 radical (unpaired) electrons. The van der Waals surface area contributed by atoms with Crippen molar-refractivity contribution < 1.29 is 27.1 Å². The lowest BCUT2D eigenvalue weighted by atomic mass is 10.0. The van der Waals surface area contributed by atoms with Gasteiger partial charge in [-0.25, -0.2) is 15.2 Å². The third-order valence-corrected chi connectivity index (χ3v) is 3.15. The molecule has 2 rings (SSSR count). The summed E-state index contributed by atoms with van der Waals surface area (Å²) in [6.07, 6.45) is -3.60. The Hall–Kier alpha value is -2.39. The van der Waals surface area contributed by atoms with E-state index in [2.05, 4.69) is 9.72 Å². The Morgan fingerprint density at radius 3 is 2.62 bits per heavy atom. The molecule has 0 bridgehead atoms. The summed E-state index contributed by atoms with van der Waals surface area (Å²) in [6, 6.07) is 4.75. The van der Waals surface area contributed by atoms with Crippen LogP contribution in [0.2, 0.25) is 5.02 Å². The van der Waals surface area contributed by atoms with Crippen LogP contribution in [-0.2, 0) is 0 Å². The molecule has 0 fully saturated rings. The van der Waals surface area contributed by atoms with Crippen molar-refractivity contribution in [2.75, 3.05) is 6.61 Å². The molecule has 1 amide bonds. The Kier molecular flexibility index (Phi) is 5.25. The molecule has 1 aromatic heterocycles. The number of hydrogen-bond donors (Lipinski definition) is 2. The summed E-state index contributed by atoms with van der Waals surface area (Å²) in [5, 5.41) is -0.166. The number of hydrogen-bond acceptors (Lipinski definition) is 4. The number of nitrogens with two attached hydrogens (primary N) is 1. The average Bonchev–Trinajstić information content (AvgIpc) is 2.54. The molecule has 0 saturated carbocycles. The monoisotopic (exact) mass is 363 g/mol. The number of amides is 1. The lowest BCUT2D eigenvalue weighted by Crippen LogP contribution is -2.30. The molecule has 2 aromatic rings. The molecule has 10 heteroatoms. The van der Waals surface area contributed by atoms with Gasteiger partial charge in [0.1, 0.15) is 5.82 Å². The summed E-state index contributed by atoms with van der Waals surface area (Å²) in [5.41, 5.74) is 1.94. The second-order valence-electron chi connectivity index (χ2n) is 4.58. The standard InChI is InChI=1S/C14H10ClF4N3O2/c15-10-2-1-7(4-11(10)16)9-3-8(12(23)22-20)5-21-13(9)24-6-14(17,18)19/h1-5H,6,20H2,(H,22,23). The van der Waals surface area contributed by atoms with E-state index in [1.165, 1.54) is 18.2 Å². The van der Waals surface area contributed by atoms with Gasteiger partial charge in [-0.3, -0.25) is 10.2 Å². The number of hydrazine groups is 1. The highest BCUT2D eigenvalue weighted by Gasteiger charge is 2.29. The zero-order valence-corrected chi connectivity index (χ0v) is 12.6. The fourth-order valence-electron chi connectivity index (χ4n) is 1.80. The minimum atomic E-state index is -4.59. The third kappa shape index (κ3) is 4.33. The Bertz CT molecular complexity index is 768. The summed E-state index contributed by atoms with van der Waals surface area (Å²) >= 11 is 5.58. The quantitative estimate of drug-likeness (QED) is 0.379. The van der Waals surface area contributed by atoms with Crippen LogP contribution in [0.1, 0.15) is 10.4 Å². The van der Waals surface area contributed by atoms with Gasteiger partial charge in [-0.15, -0.1) is 0 Å². The van der Waals surface area contributed by atoms with Gasteiger partial charge in [-0.2, -0.15) is 13.2 Å². The van der Waals surface area contributed by atoms with Crippen molar-refractivity contribution >= 4 is 17.5 Å². The predicted molar refractivity (Wildman–Crippen MR) is 77.8 cm³/mol. The molecule has 0 aliphatic rings. The van der Waals surface area contributed by atoms with Crippen LogP contribution in [-0.4, -0.2) is 23.7 Å². The molecule has 0 unspecified atom stereocenters. The Labute approximate surface area is 138 Å². The van der Waals surface area contributed by atoms with Gasteiger partial charge in [0.05, 0.1) is 10.6 Å². The van der Waals surface area contributed by atoms with Crippen LogP contribution in [0.3, 0.4) is 0 Å². The van der Waals surface area contributed by atoms with Crippen molar-refractivity contribution in [3.05, 3.63) is 46.9 Å². The number of alkyl halides is 3. The number of nitrogens with one attached hydrogen (secondary N) is 1. The van der Waals surface area contributed by atoms with E-state index in [9.17, 15) is 22.4 Å². The van der Waals surface area contributed by atoms with Gasteiger partial charge in [-0.1, -0.05) is 17.7 Å². The number of aromatic nitrogens is 1. The van der Waals surface area contributed by atoms with E-state index in [0.717, 1.165) is 12.3 Å². The maximum absolute atomic E-state index is 13.6. The first-order valence-electron chi connectivity index (χ1n) is 6.37. The van der Waals surface area contributed by atoms with Crippen molar-refractivity contribution in [3.8, 4) is 17.0 Å². The van der Waals surface area contributed by atoms with Gasteiger partial charge in [0.2, 0.25) is 5.88 Å². The fraction of sp³-hybridized carbons (Fsp3) is 0.143. The molecule has 24 heavy (non-hydrogen) atoms. The highest BCUT2D eigenvalue weighted by Crippen LogP contribution is 2.32. The largest absolute Gasteiger partial charge is 0.468 e. The van der Waals surface area contributed by atoms with E-state index in [-0.39, 0.29) is 21.7 Å². The molecule has 0 spiro atoms. The maximum atomic E-state index is 13.6. The van der Waals surface area contributed by atoms with E-state index >= 15 is 0 Å². The van der Waals surface area contributed by atoms with E-state index in [4.69, 9.17) is 17.4 Å². The molecular formula is C14H10ClF4N3O2. The second-order valence-corrected chi connectivity index (χ2v) is 4.99. The molecule has 128 valence electrons. The van der Waals surface area contributed by atoms with Gasteiger partial charge >= 0.3 is 6.18 Å². The smallest absolute Gasteiger partial charge is 0.422 e. The molecule has 0 atom stereocenters. The van der Waals surface area contributed by atoms with Crippen LogP contribution >= 0.6 is 11.6 Å². The molecule has 3 N–H and O–H groups in total. The Morgan fingerprint density at radius 2 is 2.04 bits per heavy atom. The van der Waals surface area contributed by atoms with Gasteiger partial charge in [0.25, 0.3) is 5.91 Å². The number of carbonyl (C=O) groups excluding carboxylic acids is 1. The number of benzene rings is 1. The molecule has 1 aromatic carbocycles. The number of nitrogens with zero attached hydrogens (tertiary/aromatic N) is 1. The Morgan fingerprint density at radius 1 is 1.33 bits per heavy atom. The number of halogens is 5. The van der Waals surface area contributed by atoms with Gasteiger partial charge < -0.3 is 4.74 Å². The number of pyridine rings is 1. The third-order valence-electron chi connectivity index (χ3n) is 2.85. The van der Waals surface area contributed by atoms with Crippen LogP contribution in [0.25, 0.3) is 11.1 Å². The normalized spacial score (nSPS) is 11.2. The molecule has 0 aliphatic heterocycles. The first-order valence-corrected chi connectivity index (χ1v) is 6.75. The van der Waals surface area contributed by atoms with Gasteiger partial charge in [-0.05, 0) is 23.8 Å². The van der Waals surface area contributed by atoms with E-state index in [1.54, 1.807) is 0 Å². The fourth-order valence-corrected chi connectivity index (χ4v) is 1.91. The summed E-state index contributed by atoms with van der Waals surface area (Å²) in [4.78, 5) is 15.2. The molecular weight excluding hydrogens is 354 g/mol. The molecule has 0 saturated heterocycles. The number of rotatable bonds is 4. The minimum absolute atomic E-state index is 0.0177. The van der Waals surface area contributed by atoms with Crippen LogP contribution in [0.5, 0.6) is 5.88 Å². The first-order chi connectivity index (χ1) is 11.2. The second kappa shape index (κ2) is 7.02. The van der Waals surface area contributed by atoms with E-state index in [1.807, 2.05) is 5.43 Å². The summed E-state index contributed by atoms with van der Waals surface area (Å²) in [5.74, 6) is 3.08. The highest BCUT2D eigenvalue weighted by atomic mass is 35.5. The van der Waals surface area contributed by atoms with Crippen molar-refractivity contribution in [1.29, 1.82) is 0 Å². The molecule has 5 nitrogen and oxygen atoms in total. The lowest BCUT2D eigenvalue weighted by Gasteiger charge is -2.13. The van der Waals surface area contributed by atoms with Crippen molar-refractivity contribution in [1.82, 2.24) is 10.4 Å². The van der Waals surface area contributed by atoms with Crippen LogP contribution in [0.4, 0.5) is 17.6 Å². The first kappa shape index (κ1) is 18.0. The highest BCUT2D eigenvalue weighted by molar-refractivity contribution is 6.30. The zero-order valence-electron chi connectivity index (χ0n) is 11.8. The van der Waals surface area contributed by atoms with Gasteiger partial charge in [0.15, 0.2) is 6.61 Å². The van der Waals surface area contributed by atoms with E-state index in [0.29, 0.717) is 0 Å². The van der Waals surface area contributed by atoms with Gasteiger partial charge in [0, 0.05) is 11.8 Å². The van der Waals surface area contributed by atoms with Crippen LogP contribution in [0, 0.1) is 5.82 Å². The number of nitrogen functional groups attached to an aromatic ring is 1. The average molecular weight is 364 g/mol. The SMILES string of the molecule is NNC(=O)c1cnc(OCC(F)(F)F)c(-c2ccc(Cl)c(F)c2)c1. The molecule has 1 heterocycles. The van der Waals surface area contributed by atoms with Crippen molar-refractivity contribution in [2.24, 2.45) is 5.84 Å². The van der Waals surface area contributed by atoms with Crippen LogP contribution in [0.15, 0.2) is 30.5 Å². The molecule has 0 aliphatic carbocycles.